The first kappa shape index (κ1) is 20.9. The molecule has 2 aromatic carbocycles. The Bertz CT molecular complexity index is 836. The number of fused-ring (bicyclic) bond motifs is 1. The Morgan fingerprint density at radius 3 is 2.76 bits per heavy atom. The van der Waals surface area contributed by atoms with Crippen molar-refractivity contribution in [1.29, 1.82) is 0 Å². The monoisotopic (exact) mass is 425 g/mol. The van der Waals surface area contributed by atoms with Gasteiger partial charge in [0.25, 0.3) is 0 Å². The third-order valence-corrected chi connectivity index (χ3v) is 8.46. The van der Waals surface area contributed by atoms with Crippen molar-refractivity contribution in [3.63, 3.8) is 0 Å². The van der Waals surface area contributed by atoms with Crippen molar-refractivity contribution in [3.8, 4) is 5.75 Å². The van der Waals surface area contributed by atoms with Gasteiger partial charge >= 0.3 is 0 Å². The number of benzene rings is 2. The van der Waals surface area contributed by atoms with E-state index in [2.05, 4.69) is 65.9 Å². The summed E-state index contributed by atoms with van der Waals surface area (Å²) in [5.74, 6) is 2.26. The molecule has 0 amide bonds. The van der Waals surface area contributed by atoms with Gasteiger partial charge in [-0.05, 0) is 71.7 Å². The maximum absolute atomic E-state index is 5.64. The molecular formula is C25H31NOS2. The Morgan fingerprint density at radius 1 is 1.14 bits per heavy atom. The Balaban J connectivity index is 1.45. The summed E-state index contributed by atoms with van der Waals surface area (Å²) in [5.41, 5.74) is 4.38. The third kappa shape index (κ3) is 5.22. The quantitative estimate of drug-likeness (QED) is 0.500. The van der Waals surface area contributed by atoms with E-state index in [1.807, 2.05) is 23.5 Å². The molecule has 4 rings (SSSR count). The fourth-order valence-electron chi connectivity index (χ4n) is 4.74. The first-order valence-electron chi connectivity index (χ1n) is 10.6. The van der Waals surface area contributed by atoms with E-state index in [-0.39, 0.29) is 0 Å². The second-order valence-electron chi connectivity index (χ2n) is 8.17. The molecule has 0 bridgehead atoms. The molecule has 0 saturated heterocycles. The molecule has 4 heteroatoms. The summed E-state index contributed by atoms with van der Waals surface area (Å²) >= 11 is 3.98. The highest BCUT2D eigenvalue weighted by molar-refractivity contribution is 8.22. The number of hydrogen-bond donors (Lipinski definition) is 0. The normalized spacial score (nSPS) is 19.7. The highest BCUT2D eigenvalue weighted by Gasteiger charge is 2.26. The smallest absolute Gasteiger partial charge is 0.122 e. The molecule has 29 heavy (non-hydrogen) atoms. The summed E-state index contributed by atoms with van der Waals surface area (Å²) in [4.78, 5) is 4.13. The fourth-order valence-corrected chi connectivity index (χ4v) is 7.06. The molecule has 1 heterocycles. The fraction of sp³-hybridized carbons (Fsp3) is 0.440. The second kappa shape index (κ2) is 10.1. The van der Waals surface area contributed by atoms with E-state index in [1.54, 1.807) is 12.0 Å². The van der Waals surface area contributed by atoms with Crippen LogP contribution < -0.4 is 4.74 Å². The molecule has 2 aliphatic rings. The SMILES string of the molecule is COc1cccc2c1CCCC2CN(C)CC(Cc1ccccc1)C1=CSCS1. The molecule has 0 fully saturated rings. The largest absolute Gasteiger partial charge is 0.496 e. The molecule has 154 valence electrons. The van der Waals surface area contributed by atoms with Crippen molar-refractivity contribution in [2.75, 3.05) is 32.3 Å². The number of ether oxygens (including phenoxy) is 1. The van der Waals surface area contributed by atoms with Crippen LogP contribution in [0.15, 0.2) is 58.8 Å². The lowest BCUT2D eigenvalue weighted by atomic mass is 9.82. The van der Waals surface area contributed by atoms with Crippen LogP contribution in [-0.4, -0.2) is 37.2 Å². The van der Waals surface area contributed by atoms with E-state index in [0.717, 1.165) is 31.7 Å². The van der Waals surface area contributed by atoms with Gasteiger partial charge in [-0.1, -0.05) is 42.5 Å². The number of nitrogens with zero attached hydrogens (tertiary/aromatic N) is 1. The first-order valence-corrected chi connectivity index (χ1v) is 12.6. The van der Waals surface area contributed by atoms with Gasteiger partial charge in [0.1, 0.15) is 5.75 Å². The number of thioether (sulfide) groups is 2. The average molecular weight is 426 g/mol. The van der Waals surface area contributed by atoms with E-state index in [1.165, 1.54) is 34.6 Å². The van der Waals surface area contributed by atoms with Crippen LogP contribution in [0.1, 0.15) is 35.4 Å². The summed E-state index contributed by atoms with van der Waals surface area (Å²) in [6.07, 6.45) is 4.81. The first-order chi connectivity index (χ1) is 14.2. The van der Waals surface area contributed by atoms with E-state index < -0.39 is 0 Å². The van der Waals surface area contributed by atoms with Crippen molar-refractivity contribution >= 4 is 23.5 Å². The molecule has 1 aliphatic heterocycles. The van der Waals surface area contributed by atoms with E-state index in [9.17, 15) is 0 Å². The van der Waals surface area contributed by atoms with Crippen molar-refractivity contribution in [3.05, 3.63) is 75.5 Å². The minimum absolute atomic E-state index is 0.579. The number of likely N-dealkylation sites (N-methyl/N-ethyl adjacent to an activating group) is 1. The predicted molar refractivity (Wildman–Crippen MR) is 128 cm³/mol. The predicted octanol–water partition coefficient (Wildman–Crippen LogP) is 6.18. The molecule has 2 atom stereocenters. The van der Waals surface area contributed by atoms with Gasteiger partial charge in [0.2, 0.25) is 0 Å². The minimum atomic E-state index is 0.579. The molecule has 1 aliphatic carbocycles. The Hall–Kier alpha value is -1.36. The lowest BCUT2D eigenvalue weighted by Crippen LogP contribution is -2.32. The molecule has 2 unspecified atom stereocenters. The van der Waals surface area contributed by atoms with Crippen LogP contribution in [-0.2, 0) is 12.8 Å². The molecule has 0 aromatic heterocycles. The zero-order valence-corrected chi connectivity index (χ0v) is 19.1. The van der Waals surface area contributed by atoms with Crippen LogP contribution in [0.2, 0.25) is 0 Å². The molecular weight excluding hydrogens is 394 g/mol. The molecule has 2 nitrogen and oxygen atoms in total. The van der Waals surface area contributed by atoms with Crippen LogP contribution in [0.3, 0.4) is 0 Å². The molecule has 0 N–H and O–H groups in total. The highest BCUT2D eigenvalue weighted by atomic mass is 32.2. The van der Waals surface area contributed by atoms with Crippen molar-refractivity contribution in [2.45, 2.75) is 31.6 Å². The van der Waals surface area contributed by atoms with Gasteiger partial charge in [0.05, 0.1) is 7.11 Å². The summed E-state index contributed by atoms with van der Waals surface area (Å²) in [6, 6.07) is 17.6. The van der Waals surface area contributed by atoms with E-state index in [4.69, 9.17) is 4.74 Å². The van der Waals surface area contributed by atoms with Crippen LogP contribution in [0.4, 0.5) is 0 Å². The summed E-state index contributed by atoms with van der Waals surface area (Å²) < 4.78 is 5.64. The maximum atomic E-state index is 5.64. The maximum Gasteiger partial charge on any atom is 0.122 e. The van der Waals surface area contributed by atoms with Gasteiger partial charge in [0.15, 0.2) is 0 Å². The second-order valence-corrected chi connectivity index (χ2v) is 10.4. The molecule has 0 spiro atoms. The summed E-state index contributed by atoms with van der Waals surface area (Å²) in [6.45, 7) is 2.24. The van der Waals surface area contributed by atoms with Crippen molar-refractivity contribution < 1.29 is 4.74 Å². The topological polar surface area (TPSA) is 12.5 Å². The van der Waals surface area contributed by atoms with Crippen LogP contribution in [0.5, 0.6) is 5.75 Å². The van der Waals surface area contributed by atoms with Crippen molar-refractivity contribution in [1.82, 2.24) is 4.90 Å². The van der Waals surface area contributed by atoms with E-state index >= 15 is 0 Å². The van der Waals surface area contributed by atoms with Gasteiger partial charge in [-0.3, -0.25) is 0 Å². The average Bonchev–Trinajstić information content (AvgIpc) is 3.29. The summed E-state index contributed by atoms with van der Waals surface area (Å²) in [5, 5.41) is 3.56. The zero-order chi connectivity index (χ0) is 20.1. The Morgan fingerprint density at radius 2 is 2.00 bits per heavy atom. The van der Waals surface area contributed by atoms with Gasteiger partial charge in [-0.15, -0.1) is 23.5 Å². The zero-order valence-electron chi connectivity index (χ0n) is 17.5. The van der Waals surface area contributed by atoms with Gasteiger partial charge in [-0.2, -0.15) is 0 Å². The lowest BCUT2D eigenvalue weighted by molar-refractivity contribution is 0.268. The molecule has 0 radical (unpaired) electrons. The number of rotatable bonds is 8. The highest BCUT2D eigenvalue weighted by Crippen LogP contribution is 2.40. The van der Waals surface area contributed by atoms with Crippen LogP contribution in [0, 0.1) is 5.92 Å². The number of methoxy groups -OCH3 is 1. The van der Waals surface area contributed by atoms with Gasteiger partial charge in [0, 0.05) is 24.1 Å². The summed E-state index contributed by atoms with van der Waals surface area (Å²) in [7, 11) is 4.10. The van der Waals surface area contributed by atoms with Gasteiger partial charge in [-0.25, -0.2) is 0 Å². The van der Waals surface area contributed by atoms with Gasteiger partial charge < -0.3 is 9.64 Å². The molecule has 2 aromatic rings. The Kier molecular flexibility index (Phi) is 7.28. The minimum Gasteiger partial charge on any atom is -0.496 e. The van der Waals surface area contributed by atoms with E-state index in [0.29, 0.717) is 11.8 Å². The number of hydrogen-bond acceptors (Lipinski definition) is 4. The third-order valence-electron chi connectivity index (χ3n) is 6.09. The standard InChI is InChI=1S/C25H31NOS2/c1-26(15-20-10-6-12-23-22(20)11-7-13-24(23)27-2)16-21(25-17-28-18-29-25)14-19-8-4-3-5-9-19/h3-5,7-9,11,13,17,20-21H,6,10,12,14-16,18H2,1-2H3. The van der Waals surface area contributed by atoms with Crippen LogP contribution in [0.25, 0.3) is 0 Å². The lowest BCUT2D eigenvalue weighted by Gasteiger charge is -2.32. The Labute approximate surface area is 184 Å². The van der Waals surface area contributed by atoms with Crippen LogP contribution >= 0.6 is 23.5 Å². The molecule has 0 saturated carbocycles. The van der Waals surface area contributed by atoms with Crippen molar-refractivity contribution in [2.24, 2.45) is 5.92 Å².